The first kappa shape index (κ1) is 19.2. The molecule has 2 aromatic rings. The first-order chi connectivity index (χ1) is 12.3. The molecule has 0 saturated carbocycles. The summed E-state index contributed by atoms with van der Waals surface area (Å²) in [6.45, 7) is 1.76. The molecule has 0 aliphatic carbocycles. The van der Waals surface area contributed by atoms with Crippen LogP contribution in [-0.4, -0.2) is 51.9 Å². The Morgan fingerprint density at radius 2 is 2.12 bits per heavy atom. The normalized spacial score (nSPS) is 20.0. The van der Waals surface area contributed by atoms with Crippen molar-refractivity contribution in [2.75, 3.05) is 11.5 Å². The van der Waals surface area contributed by atoms with Crippen molar-refractivity contribution in [3.05, 3.63) is 29.3 Å². The quantitative estimate of drug-likeness (QED) is 0.751. The molecule has 0 spiro atoms. The van der Waals surface area contributed by atoms with Gasteiger partial charge in [-0.2, -0.15) is 0 Å². The fourth-order valence-electron chi connectivity index (χ4n) is 2.73. The molecule has 1 aliphatic rings. The average molecular weight is 415 g/mol. The number of hydrogen-bond acceptors (Lipinski definition) is 6. The number of nitrogens with zero attached hydrogens (tertiary/aromatic N) is 3. The minimum absolute atomic E-state index is 0.0107. The summed E-state index contributed by atoms with van der Waals surface area (Å²) >= 11 is 7.48. The van der Waals surface area contributed by atoms with Gasteiger partial charge in [-0.1, -0.05) is 35.5 Å². The van der Waals surface area contributed by atoms with E-state index in [1.54, 1.807) is 17.6 Å². The van der Waals surface area contributed by atoms with Crippen molar-refractivity contribution in [3.63, 3.8) is 0 Å². The van der Waals surface area contributed by atoms with Crippen LogP contribution in [0.5, 0.6) is 0 Å². The first-order valence-corrected chi connectivity index (χ1v) is 11.2. The molecule has 1 amide bonds. The Balaban J connectivity index is 1.67. The summed E-state index contributed by atoms with van der Waals surface area (Å²) in [6, 6.07) is 7.04. The predicted octanol–water partition coefficient (Wildman–Crippen LogP) is 1.92. The zero-order valence-corrected chi connectivity index (χ0v) is 16.7. The van der Waals surface area contributed by atoms with Crippen LogP contribution in [0.2, 0.25) is 5.02 Å². The van der Waals surface area contributed by atoms with Crippen LogP contribution in [0.15, 0.2) is 29.4 Å². The van der Waals surface area contributed by atoms with Crippen LogP contribution in [0, 0.1) is 0 Å². The van der Waals surface area contributed by atoms with E-state index in [-0.39, 0.29) is 23.5 Å². The molecule has 1 aliphatic heterocycles. The second kappa shape index (κ2) is 7.58. The average Bonchev–Trinajstić information content (AvgIpc) is 3.10. The lowest BCUT2D eigenvalue weighted by Crippen LogP contribution is -2.40. The van der Waals surface area contributed by atoms with E-state index in [0.717, 1.165) is 5.56 Å². The second-order valence-electron chi connectivity index (χ2n) is 6.21. The number of carbonyl (C=O) groups is 1. The number of halogens is 1. The van der Waals surface area contributed by atoms with Crippen LogP contribution in [0.25, 0.3) is 11.4 Å². The topological polar surface area (TPSA) is 93.9 Å². The van der Waals surface area contributed by atoms with E-state index in [9.17, 15) is 13.2 Å². The molecule has 10 heteroatoms. The van der Waals surface area contributed by atoms with Gasteiger partial charge in [-0.15, -0.1) is 10.2 Å². The van der Waals surface area contributed by atoms with Crippen molar-refractivity contribution < 1.29 is 13.2 Å². The van der Waals surface area contributed by atoms with E-state index in [1.165, 1.54) is 11.8 Å². The third kappa shape index (κ3) is 4.21. The van der Waals surface area contributed by atoms with Crippen LogP contribution in [0.4, 0.5) is 0 Å². The largest absolute Gasteiger partial charge is 0.351 e. The Morgan fingerprint density at radius 3 is 2.77 bits per heavy atom. The molecule has 1 N–H and O–H groups in total. The molecule has 140 valence electrons. The van der Waals surface area contributed by atoms with Gasteiger partial charge in [-0.05, 0) is 25.5 Å². The molecule has 1 saturated heterocycles. The summed E-state index contributed by atoms with van der Waals surface area (Å²) in [6.07, 6.45) is 0.464. The summed E-state index contributed by atoms with van der Waals surface area (Å²) in [5.74, 6) is 0.549. The van der Waals surface area contributed by atoms with Crippen LogP contribution in [0.3, 0.4) is 0 Å². The van der Waals surface area contributed by atoms with Crippen molar-refractivity contribution >= 4 is 39.1 Å². The monoisotopic (exact) mass is 414 g/mol. The number of carbonyl (C=O) groups excluding carboxylic acids is 1. The summed E-state index contributed by atoms with van der Waals surface area (Å²) in [5.41, 5.74) is 0.768. The van der Waals surface area contributed by atoms with Crippen LogP contribution in [-0.2, 0) is 21.7 Å². The lowest BCUT2D eigenvalue weighted by Gasteiger charge is -2.15. The molecule has 26 heavy (non-hydrogen) atoms. The zero-order valence-electron chi connectivity index (χ0n) is 14.3. The van der Waals surface area contributed by atoms with Gasteiger partial charge in [0.05, 0.1) is 21.8 Å². The highest BCUT2D eigenvalue weighted by atomic mass is 35.5. The number of aromatic nitrogens is 3. The minimum Gasteiger partial charge on any atom is -0.351 e. The van der Waals surface area contributed by atoms with Gasteiger partial charge in [0.25, 0.3) is 0 Å². The second-order valence-corrected chi connectivity index (χ2v) is 10.2. The molecular weight excluding hydrogens is 396 g/mol. The first-order valence-electron chi connectivity index (χ1n) is 8.08. The number of sulfone groups is 1. The molecule has 1 aromatic heterocycles. The molecule has 7 nitrogen and oxygen atoms in total. The number of benzene rings is 1. The lowest BCUT2D eigenvalue weighted by molar-refractivity contribution is -0.120. The maximum atomic E-state index is 12.4. The minimum atomic E-state index is -3.02. The highest BCUT2D eigenvalue weighted by molar-refractivity contribution is 8.00. The van der Waals surface area contributed by atoms with Gasteiger partial charge in [-0.25, -0.2) is 8.42 Å². The van der Waals surface area contributed by atoms with Gasteiger partial charge in [0.15, 0.2) is 20.8 Å². The van der Waals surface area contributed by atoms with E-state index in [1.807, 2.05) is 25.2 Å². The Kier molecular flexibility index (Phi) is 5.59. The number of amides is 1. The van der Waals surface area contributed by atoms with Crippen molar-refractivity contribution in [2.45, 2.75) is 29.8 Å². The molecule has 0 unspecified atom stereocenters. The maximum Gasteiger partial charge on any atom is 0.233 e. The Morgan fingerprint density at radius 1 is 1.38 bits per heavy atom. The highest BCUT2D eigenvalue weighted by Gasteiger charge is 2.30. The number of nitrogens with one attached hydrogen (secondary N) is 1. The molecule has 2 atom stereocenters. The lowest BCUT2D eigenvalue weighted by atomic mass is 10.2. The fraction of sp³-hybridized carbons (Fsp3) is 0.438. The Labute approximate surface area is 161 Å². The molecular formula is C16H19ClN4O3S2. The molecule has 1 fully saturated rings. The molecule has 0 radical (unpaired) electrons. The molecule has 1 aromatic carbocycles. The third-order valence-corrected chi connectivity index (χ3v) is 7.41. The van der Waals surface area contributed by atoms with E-state index in [4.69, 9.17) is 11.6 Å². The van der Waals surface area contributed by atoms with Gasteiger partial charge in [0.2, 0.25) is 5.91 Å². The third-order valence-electron chi connectivity index (χ3n) is 4.18. The van der Waals surface area contributed by atoms with Gasteiger partial charge >= 0.3 is 0 Å². The van der Waals surface area contributed by atoms with E-state index in [2.05, 4.69) is 15.5 Å². The maximum absolute atomic E-state index is 12.4. The van der Waals surface area contributed by atoms with Crippen LogP contribution < -0.4 is 5.32 Å². The van der Waals surface area contributed by atoms with Gasteiger partial charge in [0.1, 0.15) is 0 Å². The Bertz CT molecular complexity index is 929. The van der Waals surface area contributed by atoms with E-state index in [0.29, 0.717) is 22.4 Å². The van der Waals surface area contributed by atoms with Crippen molar-refractivity contribution in [3.8, 4) is 11.4 Å². The zero-order chi connectivity index (χ0) is 18.9. The molecule has 2 heterocycles. The van der Waals surface area contributed by atoms with Crippen molar-refractivity contribution in [2.24, 2.45) is 7.05 Å². The summed E-state index contributed by atoms with van der Waals surface area (Å²) in [5, 5.41) is 11.9. The molecule has 3 rings (SSSR count). The van der Waals surface area contributed by atoms with Gasteiger partial charge < -0.3 is 9.88 Å². The standard InChI is InChI=1S/C16H19ClN4O3S2/c1-10(15(22)18-11-7-8-26(23,24)9-11)25-16-20-19-14(21(16)2)12-5-3-4-6-13(12)17/h3-6,10-11H,7-9H2,1-2H3,(H,18,22)/t10-,11-/m1/s1. The Hall–Kier alpha value is -1.58. The number of thioether (sulfide) groups is 1. The van der Waals surface area contributed by atoms with Gasteiger partial charge in [-0.3, -0.25) is 4.79 Å². The van der Waals surface area contributed by atoms with Crippen LogP contribution >= 0.6 is 23.4 Å². The summed E-state index contributed by atoms with van der Waals surface area (Å²) < 4.78 is 24.8. The van der Waals surface area contributed by atoms with Gasteiger partial charge in [0, 0.05) is 18.7 Å². The number of rotatable bonds is 5. The summed E-state index contributed by atoms with van der Waals surface area (Å²) in [7, 11) is -1.21. The SMILES string of the molecule is C[C@@H](Sc1nnc(-c2ccccc2Cl)n1C)C(=O)N[C@@H]1CCS(=O)(=O)C1. The van der Waals surface area contributed by atoms with E-state index >= 15 is 0 Å². The predicted molar refractivity (Wildman–Crippen MR) is 102 cm³/mol. The highest BCUT2D eigenvalue weighted by Crippen LogP contribution is 2.29. The molecule has 0 bridgehead atoms. The number of hydrogen-bond donors (Lipinski definition) is 1. The fourth-order valence-corrected chi connectivity index (χ4v) is 5.45. The van der Waals surface area contributed by atoms with Crippen molar-refractivity contribution in [1.82, 2.24) is 20.1 Å². The van der Waals surface area contributed by atoms with E-state index < -0.39 is 15.1 Å². The summed E-state index contributed by atoms with van der Waals surface area (Å²) in [4.78, 5) is 12.4. The smallest absolute Gasteiger partial charge is 0.233 e. The van der Waals surface area contributed by atoms with Crippen molar-refractivity contribution in [1.29, 1.82) is 0 Å². The van der Waals surface area contributed by atoms with Crippen LogP contribution in [0.1, 0.15) is 13.3 Å².